The fourth-order valence-corrected chi connectivity index (χ4v) is 3.07. The van der Waals surface area contributed by atoms with Gasteiger partial charge in [-0.15, -0.1) is 0 Å². The van der Waals surface area contributed by atoms with Gasteiger partial charge in [0.15, 0.2) is 6.10 Å². The highest BCUT2D eigenvalue weighted by Crippen LogP contribution is 2.36. The maximum absolute atomic E-state index is 13.2. The predicted molar refractivity (Wildman–Crippen MR) is 104 cm³/mol. The van der Waals surface area contributed by atoms with Gasteiger partial charge < -0.3 is 19.7 Å². The summed E-state index contributed by atoms with van der Waals surface area (Å²) in [6.45, 7) is 5.46. The highest BCUT2D eigenvalue weighted by Gasteiger charge is 2.32. The van der Waals surface area contributed by atoms with Gasteiger partial charge in [-0.05, 0) is 49.7 Å². The molecule has 1 N–H and O–H groups in total. The lowest BCUT2D eigenvalue weighted by atomic mass is 10.1. The second-order valence-electron chi connectivity index (χ2n) is 6.89. The second-order valence-corrected chi connectivity index (χ2v) is 6.89. The number of halogens is 3. The highest BCUT2D eigenvalue weighted by atomic mass is 19.4. The van der Waals surface area contributed by atoms with Crippen LogP contribution in [0.1, 0.15) is 18.1 Å². The summed E-state index contributed by atoms with van der Waals surface area (Å²) in [5, 5.41) is 2.61. The van der Waals surface area contributed by atoms with Crippen LogP contribution in [0.3, 0.4) is 0 Å². The molecular formula is C21H23F3N2O3. The van der Waals surface area contributed by atoms with Crippen LogP contribution in [0.2, 0.25) is 0 Å². The Morgan fingerprint density at radius 2 is 1.90 bits per heavy atom. The first-order chi connectivity index (χ1) is 13.7. The van der Waals surface area contributed by atoms with Crippen molar-refractivity contribution in [3.8, 4) is 5.75 Å². The first-order valence-electron chi connectivity index (χ1n) is 9.32. The van der Waals surface area contributed by atoms with Crippen molar-refractivity contribution in [3.63, 3.8) is 0 Å². The van der Waals surface area contributed by atoms with Gasteiger partial charge in [-0.3, -0.25) is 4.79 Å². The molecule has 29 heavy (non-hydrogen) atoms. The molecule has 2 aromatic carbocycles. The van der Waals surface area contributed by atoms with E-state index in [1.807, 2.05) is 17.9 Å². The summed E-state index contributed by atoms with van der Waals surface area (Å²) in [5.74, 6) is -0.00886. The Morgan fingerprint density at radius 3 is 2.55 bits per heavy atom. The van der Waals surface area contributed by atoms with Gasteiger partial charge in [0.1, 0.15) is 5.75 Å². The van der Waals surface area contributed by atoms with Crippen molar-refractivity contribution in [3.05, 3.63) is 53.6 Å². The minimum atomic E-state index is -4.51. The molecule has 0 aliphatic carbocycles. The van der Waals surface area contributed by atoms with E-state index < -0.39 is 23.8 Å². The SMILES string of the molecule is Cc1cccc(O[C@@H](C)C(=O)Nc2cc(C(F)(F)F)ccc2N2CCOCC2)c1. The Labute approximate surface area is 167 Å². The Morgan fingerprint density at radius 1 is 1.17 bits per heavy atom. The molecular weight excluding hydrogens is 385 g/mol. The maximum atomic E-state index is 13.2. The number of ether oxygens (including phenoxy) is 2. The zero-order valence-corrected chi connectivity index (χ0v) is 16.3. The van der Waals surface area contributed by atoms with Crippen LogP contribution in [0, 0.1) is 6.92 Å². The number of carbonyl (C=O) groups is 1. The van der Waals surface area contributed by atoms with Crippen molar-refractivity contribution in [2.24, 2.45) is 0 Å². The lowest BCUT2D eigenvalue weighted by molar-refractivity contribution is -0.137. The zero-order valence-electron chi connectivity index (χ0n) is 16.3. The fraction of sp³-hybridized carbons (Fsp3) is 0.381. The number of aryl methyl sites for hydroxylation is 1. The predicted octanol–water partition coefficient (Wildman–Crippen LogP) is 4.26. The van der Waals surface area contributed by atoms with Gasteiger partial charge in [-0.2, -0.15) is 13.2 Å². The molecule has 1 aliphatic rings. The van der Waals surface area contributed by atoms with Crippen LogP contribution in [0.15, 0.2) is 42.5 Å². The third kappa shape index (κ3) is 5.41. The highest BCUT2D eigenvalue weighted by molar-refractivity contribution is 5.97. The third-order valence-electron chi connectivity index (χ3n) is 4.61. The Bertz CT molecular complexity index is 864. The molecule has 0 unspecified atom stereocenters. The number of carbonyl (C=O) groups excluding carboxylic acids is 1. The molecule has 8 heteroatoms. The molecule has 1 saturated heterocycles. The molecule has 0 bridgehead atoms. The number of nitrogens with one attached hydrogen (secondary N) is 1. The van der Waals surface area contributed by atoms with Gasteiger partial charge in [-0.1, -0.05) is 12.1 Å². The van der Waals surface area contributed by atoms with E-state index >= 15 is 0 Å². The van der Waals surface area contributed by atoms with Gasteiger partial charge in [-0.25, -0.2) is 0 Å². The summed E-state index contributed by atoms with van der Waals surface area (Å²) >= 11 is 0. The van der Waals surface area contributed by atoms with Crippen molar-refractivity contribution in [2.75, 3.05) is 36.5 Å². The van der Waals surface area contributed by atoms with E-state index in [2.05, 4.69) is 5.32 Å². The molecule has 1 fully saturated rings. The monoisotopic (exact) mass is 408 g/mol. The number of morpholine rings is 1. The van der Waals surface area contributed by atoms with Crippen LogP contribution in [0.4, 0.5) is 24.5 Å². The number of amides is 1. The van der Waals surface area contributed by atoms with Gasteiger partial charge >= 0.3 is 6.18 Å². The number of hydrogen-bond acceptors (Lipinski definition) is 4. The Balaban J connectivity index is 1.81. The molecule has 0 saturated carbocycles. The number of anilines is 2. The minimum Gasteiger partial charge on any atom is -0.481 e. The summed E-state index contributed by atoms with van der Waals surface area (Å²) in [4.78, 5) is 14.5. The quantitative estimate of drug-likeness (QED) is 0.804. The first-order valence-corrected chi connectivity index (χ1v) is 9.32. The van der Waals surface area contributed by atoms with Gasteiger partial charge in [0.25, 0.3) is 5.91 Å². The van der Waals surface area contributed by atoms with E-state index in [9.17, 15) is 18.0 Å². The van der Waals surface area contributed by atoms with Crippen LogP contribution in [0.25, 0.3) is 0 Å². The topological polar surface area (TPSA) is 50.8 Å². The Kier molecular flexibility index (Phi) is 6.32. The summed E-state index contributed by atoms with van der Waals surface area (Å²) in [6, 6.07) is 10.6. The van der Waals surface area contributed by atoms with Gasteiger partial charge in [0.05, 0.1) is 30.2 Å². The largest absolute Gasteiger partial charge is 0.481 e. The summed E-state index contributed by atoms with van der Waals surface area (Å²) in [7, 11) is 0. The minimum absolute atomic E-state index is 0.103. The molecule has 1 atom stereocenters. The van der Waals surface area contributed by atoms with E-state index in [0.717, 1.165) is 17.7 Å². The van der Waals surface area contributed by atoms with Crippen molar-refractivity contribution in [2.45, 2.75) is 26.1 Å². The number of hydrogen-bond donors (Lipinski definition) is 1. The third-order valence-corrected chi connectivity index (χ3v) is 4.61. The van der Waals surface area contributed by atoms with E-state index in [1.54, 1.807) is 25.1 Å². The molecule has 1 amide bonds. The van der Waals surface area contributed by atoms with Crippen LogP contribution in [-0.2, 0) is 15.7 Å². The molecule has 1 aliphatic heterocycles. The van der Waals surface area contributed by atoms with E-state index in [1.165, 1.54) is 6.07 Å². The molecule has 1 heterocycles. The first kappa shape index (κ1) is 21.0. The fourth-order valence-electron chi connectivity index (χ4n) is 3.07. The van der Waals surface area contributed by atoms with E-state index in [-0.39, 0.29) is 5.69 Å². The molecule has 156 valence electrons. The molecule has 0 radical (unpaired) electrons. The average Bonchev–Trinajstić information content (AvgIpc) is 2.68. The molecule has 0 aromatic heterocycles. The van der Waals surface area contributed by atoms with E-state index in [0.29, 0.717) is 37.7 Å². The van der Waals surface area contributed by atoms with Crippen LogP contribution >= 0.6 is 0 Å². The van der Waals surface area contributed by atoms with Crippen LogP contribution < -0.4 is 15.0 Å². The molecule has 2 aromatic rings. The number of nitrogens with zero attached hydrogens (tertiary/aromatic N) is 1. The van der Waals surface area contributed by atoms with Gasteiger partial charge in [0.2, 0.25) is 0 Å². The van der Waals surface area contributed by atoms with Crippen molar-refractivity contribution in [1.29, 1.82) is 0 Å². The lowest BCUT2D eigenvalue weighted by Crippen LogP contribution is -2.37. The van der Waals surface area contributed by atoms with Crippen molar-refractivity contribution >= 4 is 17.3 Å². The molecule has 3 rings (SSSR count). The van der Waals surface area contributed by atoms with Crippen LogP contribution in [0.5, 0.6) is 5.75 Å². The standard InChI is InChI=1S/C21H23F3N2O3/c1-14-4-3-5-17(12-14)29-15(2)20(27)25-18-13-16(21(22,23)24)6-7-19(18)26-8-10-28-11-9-26/h3-7,12-13,15H,8-11H2,1-2H3,(H,25,27)/t15-/m0/s1. The average molecular weight is 408 g/mol. The van der Waals surface area contributed by atoms with Crippen LogP contribution in [-0.4, -0.2) is 38.3 Å². The number of rotatable bonds is 5. The molecule has 5 nitrogen and oxygen atoms in total. The summed E-state index contributed by atoms with van der Waals surface area (Å²) in [6.07, 6.45) is -5.39. The normalized spacial score (nSPS) is 15.7. The smallest absolute Gasteiger partial charge is 0.416 e. The van der Waals surface area contributed by atoms with Crippen molar-refractivity contribution in [1.82, 2.24) is 0 Å². The second kappa shape index (κ2) is 8.73. The molecule has 0 spiro atoms. The van der Waals surface area contributed by atoms with Crippen molar-refractivity contribution < 1.29 is 27.4 Å². The van der Waals surface area contributed by atoms with E-state index in [4.69, 9.17) is 9.47 Å². The number of benzene rings is 2. The summed E-state index contributed by atoms with van der Waals surface area (Å²) in [5.41, 5.74) is 0.781. The number of alkyl halides is 3. The lowest BCUT2D eigenvalue weighted by Gasteiger charge is -2.31. The summed E-state index contributed by atoms with van der Waals surface area (Å²) < 4.78 is 50.5. The Hall–Kier alpha value is -2.74. The zero-order chi connectivity index (χ0) is 21.0. The maximum Gasteiger partial charge on any atom is 0.416 e. The van der Waals surface area contributed by atoms with Gasteiger partial charge in [0, 0.05) is 13.1 Å².